The number of nitrogens with one attached hydrogen (secondary N) is 3. The Morgan fingerprint density at radius 2 is 1.96 bits per heavy atom. The molecule has 0 bridgehead atoms. The molecule has 0 spiro atoms. The average Bonchev–Trinajstić information content (AvgIpc) is 2.59. The molecule has 1 aromatic rings. The zero-order valence-corrected chi connectivity index (χ0v) is 13.6. The first-order valence-corrected chi connectivity index (χ1v) is 8.21. The van der Waals surface area contributed by atoms with Crippen LogP contribution in [-0.4, -0.2) is 37.4 Å². The highest BCUT2D eigenvalue weighted by Gasteiger charge is 2.15. The molecule has 7 heteroatoms. The van der Waals surface area contributed by atoms with Crippen LogP contribution >= 0.6 is 0 Å². The van der Waals surface area contributed by atoms with Gasteiger partial charge in [-0.3, -0.25) is 14.4 Å². The zero-order valence-electron chi connectivity index (χ0n) is 13.6. The van der Waals surface area contributed by atoms with Crippen LogP contribution in [0.2, 0.25) is 0 Å². The van der Waals surface area contributed by atoms with Crippen molar-refractivity contribution in [3.63, 3.8) is 0 Å². The molecule has 0 aliphatic carbocycles. The third-order valence-electron chi connectivity index (χ3n) is 4.07. The van der Waals surface area contributed by atoms with Gasteiger partial charge in [0.1, 0.15) is 0 Å². The van der Waals surface area contributed by atoms with Gasteiger partial charge in [0.05, 0.1) is 6.54 Å². The predicted octanol–water partition coefficient (Wildman–Crippen LogP) is 0.620. The van der Waals surface area contributed by atoms with Crippen LogP contribution < -0.4 is 21.7 Å². The van der Waals surface area contributed by atoms with Gasteiger partial charge in [0.2, 0.25) is 11.8 Å². The minimum absolute atomic E-state index is 0.0526. The summed E-state index contributed by atoms with van der Waals surface area (Å²) >= 11 is 0. The van der Waals surface area contributed by atoms with Gasteiger partial charge in [-0.25, -0.2) is 0 Å². The zero-order chi connectivity index (χ0) is 17.4. The van der Waals surface area contributed by atoms with E-state index in [4.69, 9.17) is 5.73 Å². The molecular formula is C17H24N4O3. The fourth-order valence-corrected chi connectivity index (χ4v) is 2.74. The topological polar surface area (TPSA) is 113 Å². The van der Waals surface area contributed by atoms with Crippen LogP contribution in [0.5, 0.6) is 0 Å². The molecule has 0 atom stereocenters. The van der Waals surface area contributed by atoms with Gasteiger partial charge in [-0.2, -0.15) is 0 Å². The number of carbonyl (C=O) groups excluding carboxylic acids is 3. The lowest BCUT2D eigenvalue weighted by molar-refractivity contribution is -0.117. The number of piperidine rings is 1. The van der Waals surface area contributed by atoms with Gasteiger partial charge in [0.15, 0.2) is 0 Å². The third-order valence-corrected chi connectivity index (χ3v) is 4.07. The van der Waals surface area contributed by atoms with Crippen LogP contribution in [0.15, 0.2) is 24.3 Å². The fourth-order valence-electron chi connectivity index (χ4n) is 2.74. The Kier molecular flexibility index (Phi) is 6.74. The number of benzene rings is 1. The van der Waals surface area contributed by atoms with E-state index in [1.807, 2.05) is 0 Å². The Morgan fingerprint density at radius 1 is 1.21 bits per heavy atom. The van der Waals surface area contributed by atoms with E-state index in [2.05, 4.69) is 16.0 Å². The summed E-state index contributed by atoms with van der Waals surface area (Å²) < 4.78 is 0. The van der Waals surface area contributed by atoms with Crippen molar-refractivity contribution in [1.29, 1.82) is 0 Å². The number of primary amides is 1. The summed E-state index contributed by atoms with van der Waals surface area (Å²) in [4.78, 5) is 34.6. The van der Waals surface area contributed by atoms with Crippen LogP contribution in [0.25, 0.3) is 0 Å². The van der Waals surface area contributed by atoms with Crippen LogP contribution in [0.4, 0.5) is 5.69 Å². The number of hydrogen-bond acceptors (Lipinski definition) is 4. The second-order valence-electron chi connectivity index (χ2n) is 6.01. The first kappa shape index (κ1) is 17.9. The van der Waals surface area contributed by atoms with E-state index in [-0.39, 0.29) is 12.5 Å². The van der Waals surface area contributed by atoms with Crippen molar-refractivity contribution < 1.29 is 14.4 Å². The van der Waals surface area contributed by atoms with Crippen LogP contribution in [-0.2, 0) is 9.59 Å². The quantitative estimate of drug-likeness (QED) is 0.586. The number of hydrogen-bond donors (Lipinski definition) is 4. The predicted molar refractivity (Wildman–Crippen MR) is 91.4 cm³/mol. The maximum atomic E-state index is 12.1. The monoisotopic (exact) mass is 332 g/mol. The fraction of sp³-hybridized carbons (Fsp3) is 0.471. The lowest BCUT2D eigenvalue weighted by atomic mass is 9.93. The second kappa shape index (κ2) is 9.02. The minimum atomic E-state index is -0.606. The summed E-state index contributed by atoms with van der Waals surface area (Å²) in [5.74, 6) is -0.462. The number of amides is 3. The number of carbonyl (C=O) groups is 3. The van der Waals surface area contributed by atoms with Gasteiger partial charge < -0.3 is 21.7 Å². The van der Waals surface area contributed by atoms with E-state index < -0.39 is 11.8 Å². The molecule has 2 rings (SSSR count). The largest absolute Gasteiger partial charge is 0.368 e. The Morgan fingerprint density at radius 3 is 2.67 bits per heavy atom. The van der Waals surface area contributed by atoms with Crippen LogP contribution in [0.3, 0.4) is 0 Å². The highest BCUT2D eigenvalue weighted by molar-refractivity contribution is 5.98. The van der Waals surface area contributed by atoms with E-state index in [1.54, 1.807) is 24.3 Å². The second-order valence-corrected chi connectivity index (χ2v) is 6.01. The van der Waals surface area contributed by atoms with Crippen molar-refractivity contribution in [1.82, 2.24) is 10.6 Å². The first-order valence-electron chi connectivity index (χ1n) is 8.21. The van der Waals surface area contributed by atoms with E-state index in [0.29, 0.717) is 23.6 Å². The van der Waals surface area contributed by atoms with Crippen LogP contribution in [0, 0.1) is 5.92 Å². The molecule has 1 heterocycles. The molecule has 1 fully saturated rings. The maximum absolute atomic E-state index is 12.1. The molecule has 1 aliphatic rings. The molecule has 1 aromatic carbocycles. The summed E-state index contributed by atoms with van der Waals surface area (Å²) in [6.45, 7) is 1.83. The number of anilines is 1. The summed E-state index contributed by atoms with van der Waals surface area (Å²) in [6.07, 6.45) is 3.58. The minimum Gasteiger partial charge on any atom is -0.368 e. The molecule has 1 saturated heterocycles. The summed E-state index contributed by atoms with van der Waals surface area (Å²) in [5.41, 5.74) is 5.93. The Bertz CT molecular complexity index is 597. The molecule has 0 aromatic heterocycles. The Labute approximate surface area is 141 Å². The van der Waals surface area contributed by atoms with Crippen molar-refractivity contribution in [3.8, 4) is 0 Å². The van der Waals surface area contributed by atoms with Crippen molar-refractivity contribution in [2.24, 2.45) is 11.7 Å². The Hall–Kier alpha value is -2.41. The summed E-state index contributed by atoms with van der Waals surface area (Å²) in [7, 11) is 0. The molecule has 130 valence electrons. The van der Waals surface area contributed by atoms with E-state index >= 15 is 0 Å². The van der Waals surface area contributed by atoms with Crippen LogP contribution in [0.1, 0.15) is 36.0 Å². The Balaban J connectivity index is 1.83. The van der Waals surface area contributed by atoms with Gasteiger partial charge in [-0.05, 0) is 56.5 Å². The summed E-state index contributed by atoms with van der Waals surface area (Å²) in [6, 6.07) is 6.61. The van der Waals surface area contributed by atoms with Gasteiger partial charge in [0, 0.05) is 17.7 Å². The molecule has 1 aliphatic heterocycles. The van der Waals surface area contributed by atoms with Gasteiger partial charge >= 0.3 is 0 Å². The van der Waals surface area contributed by atoms with Crippen molar-refractivity contribution in [2.75, 3.05) is 25.0 Å². The molecule has 0 radical (unpaired) electrons. The molecule has 24 heavy (non-hydrogen) atoms. The smallest absolute Gasteiger partial charge is 0.251 e. The number of nitrogens with two attached hydrogens (primary N) is 1. The molecule has 0 saturated carbocycles. The average molecular weight is 332 g/mol. The molecule has 0 unspecified atom stereocenters. The SMILES string of the molecule is NC(=O)CNC(=O)c1cccc(NC(=O)CCC2CCNCC2)c1. The molecule has 5 N–H and O–H groups in total. The van der Waals surface area contributed by atoms with Crippen molar-refractivity contribution >= 4 is 23.4 Å². The maximum Gasteiger partial charge on any atom is 0.251 e. The van der Waals surface area contributed by atoms with Crippen molar-refractivity contribution in [3.05, 3.63) is 29.8 Å². The van der Waals surface area contributed by atoms with Gasteiger partial charge in [-0.15, -0.1) is 0 Å². The summed E-state index contributed by atoms with van der Waals surface area (Å²) in [5, 5.41) is 8.54. The molecule has 7 nitrogen and oxygen atoms in total. The lowest BCUT2D eigenvalue weighted by Gasteiger charge is -2.22. The van der Waals surface area contributed by atoms with E-state index in [0.717, 1.165) is 32.4 Å². The number of rotatable bonds is 7. The van der Waals surface area contributed by atoms with Gasteiger partial charge in [-0.1, -0.05) is 6.07 Å². The molecule has 3 amide bonds. The lowest BCUT2D eigenvalue weighted by Crippen LogP contribution is -2.33. The highest BCUT2D eigenvalue weighted by Crippen LogP contribution is 2.18. The standard InChI is InChI=1S/C17H24N4O3/c18-15(22)11-20-17(24)13-2-1-3-14(10-13)21-16(23)5-4-12-6-8-19-9-7-12/h1-3,10,12,19H,4-9,11H2,(H2,18,22)(H,20,24)(H,21,23). The van der Waals surface area contributed by atoms with E-state index in [9.17, 15) is 14.4 Å². The highest BCUT2D eigenvalue weighted by atomic mass is 16.2. The van der Waals surface area contributed by atoms with Crippen molar-refractivity contribution in [2.45, 2.75) is 25.7 Å². The van der Waals surface area contributed by atoms with Gasteiger partial charge in [0.25, 0.3) is 5.91 Å². The third kappa shape index (κ3) is 6.00. The first-order chi connectivity index (χ1) is 11.5. The molecular weight excluding hydrogens is 308 g/mol. The normalized spacial score (nSPS) is 14.8. The van der Waals surface area contributed by atoms with E-state index in [1.165, 1.54) is 0 Å².